The zero-order valence-electron chi connectivity index (χ0n) is 16.1. The number of carbonyl (C=O) groups is 1. The second kappa shape index (κ2) is 6.56. The van der Waals surface area contributed by atoms with Crippen molar-refractivity contribution in [1.82, 2.24) is 15.1 Å². The molecule has 1 aliphatic heterocycles. The Morgan fingerprint density at radius 3 is 2.76 bits per heavy atom. The topological polar surface area (TPSA) is 81.1 Å². The van der Waals surface area contributed by atoms with Crippen molar-refractivity contribution in [3.05, 3.63) is 70.9 Å². The molecule has 1 unspecified atom stereocenters. The van der Waals surface area contributed by atoms with Crippen LogP contribution in [0.25, 0.3) is 11.3 Å². The second-order valence-corrected chi connectivity index (χ2v) is 9.63. The van der Waals surface area contributed by atoms with Gasteiger partial charge in [0.05, 0.1) is 22.4 Å². The lowest BCUT2D eigenvalue weighted by Crippen LogP contribution is -2.32. The summed E-state index contributed by atoms with van der Waals surface area (Å²) in [6, 6.07) is 15.0. The fourth-order valence-electron chi connectivity index (χ4n) is 4.56. The van der Waals surface area contributed by atoms with Gasteiger partial charge in [0.25, 0.3) is 5.91 Å². The van der Waals surface area contributed by atoms with Crippen molar-refractivity contribution in [2.45, 2.75) is 36.0 Å². The van der Waals surface area contributed by atoms with Gasteiger partial charge in [0.1, 0.15) is 0 Å². The normalized spacial score (nSPS) is 19.0. The number of aromatic nitrogens is 2. The molecule has 1 N–H and O–H groups in total. The average molecular weight is 407 g/mol. The molecule has 0 spiro atoms. The smallest absolute Gasteiger partial charge is 0.272 e. The van der Waals surface area contributed by atoms with Crippen molar-refractivity contribution in [1.29, 1.82) is 0 Å². The minimum absolute atomic E-state index is 0.0856. The van der Waals surface area contributed by atoms with E-state index in [1.807, 2.05) is 18.2 Å². The first-order valence-corrected chi connectivity index (χ1v) is 11.4. The lowest BCUT2D eigenvalue weighted by Gasteiger charge is -2.26. The summed E-state index contributed by atoms with van der Waals surface area (Å²) < 4.78 is 27.2. The molecule has 2 heterocycles. The Morgan fingerprint density at radius 2 is 1.90 bits per heavy atom. The number of carbonyl (C=O) groups excluding carboxylic acids is 1. The fourth-order valence-corrected chi connectivity index (χ4v) is 6.15. The van der Waals surface area contributed by atoms with Crippen LogP contribution < -0.4 is 5.32 Å². The van der Waals surface area contributed by atoms with E-state index in [-0.39, 0.29) is 23.4 Å². The Balaban J connectivity index is 1.55. The summed E-state index contributed by atoms with van der Waals surface area (Å²) in [6.45, 7) is 0. The van der Waals surface area contributed by atoms with Gasteiger partial charge in [-0.2, -0.15) is 5.10 Å². The number of nitrogens with zero attached hydrogens (tertiary/aromatic N) is 2. The Morgan fingerprint density at radius 1 is 1.14 bits per heavy atom. The monoisotopic (exact) mass is 407 g/mol. The number of hydrogen-bond donors (Lipinski definition) is 1. The summed E-state index contributed by atoms with van der Waals surface area (Å²) in [5, 5.41) is 7.51. The first-order valence-electron chi connectivity index (χ1n) is 9.72. The summed E-state index contributed by atoms with van der Waals surface area (Å²) in [6.07, 6.45) is 2.87. The minimum Gasteiger partial charge on any atom is -0.344 e. The van der Waals surface area contributed by atoms with Gasteiger partial charge >= 0.3 is 0 Å². The van der Waals surface area contributed by atoms with Gasteiger partial charge in [-0.05, 0) is 36.5 Å². The quantitative estimate of drug-likeness (QED) is 0.707. The Hall–Kier alpha value is -2.93. The van der Waals surface area contributed by atoms with Gasteiger partial charge in [0.15, 0.2) is 15.5 Å². The second-order valence-electron chi connectivity index (χ2n) is 7.67. The predicted octanol–water partition coefficient (Wildman–Crippen LogP) is 3.18. The van der Waals surface area contributed by atoms with Crippen LogP contribution in [0.5, 0.6) is 0 Å². The summed E-state index contributed by atoms with van der Waals surface area (Å²) in [5.41, 5.74) is 4.37. The van der Waals surface area contributed by atoms with Crippen molar-refractivity contribution in [2.24, 2.45) is 7.05 Å². The highest BCUT2D eigenvalue weighted by molar-refractivity contribution is 7.90. The van der Waals surface area contributed by atoms with Crippen LogP contribution in [-0.2, 0) is 29.1 Å². The maximum Gasteiger partial charge on any atom is 0.272 e. The molecule has 3 aromatic rings. The zero-order chi connectivity index (χ0) is 20.2. The molecule has 0 saturated heterocycles. The summed E-state index contributed by atoms with van der Waals surface area (Å²) >= 11 is 0. The molecule has 29 heavy (non-hydrogen) atoms. The number of rotatable bonds is 2. The molecule has 1 atom stereocenters. The number of aryl methyl sites for hydroxylation is 2. The van der Waals surface area contributed by atoms with Crippen LogP contribution in [0.2, 0.25) is 0 Å². The highest BCUT2D eigenvalue weighted by Crippen LogP contribution is 2.39. The third-order valence-electron chi connectivity index (χ3n) is 5.85. The van der Waals surface area contributed by atoms with Gasteiger partial charge in [0, 0.05) is 18.2 Å². The van der Waals surface area contributed by atoms with Crippen molar-refractivity contribution in [3.8, 4) is 11.3 Å². The van der Waals surface area contributed by atoms with Gasteiger partial charge in [-0.1, -0.05) is 42.5 Å². The largest absolute Gasteiger partial charge is 0.344 e. The number of hydrogen-bond acceptors (Lipinski definition) is 4. The first kappa shape index (κ1) is 18.1. The van der Waals surface area contributed by atoms with Gasteiger partial charge in [-0.15, -0.1) is 0 Å². The van der Waals surface area contributed by atoms with Crippen LogP contribution in [0.4, 0.5) is 0 Å². The minimum atomic E-state index is -3.51. The van der Waals surface area contributed by atoms with Crippen LogP contribution in [-0.4, -0.2) is 24.1 Å². The number of sulfone groups is 1. The van der Waals surface area contributed by atoms with E-state index >= 15 is 0 Å². The summed E-state index contributed by atoms with van der Waals surface area (Å²) in [5.74, 6) is -0.532. The molecule has 0 saturated carbocycles. The van der Waals surface area contributed by atoms with Crippen LogP contribution >= 0.6 is 0 Å². The van der Waals surface area contributed by atoms with Gasteiger partial charge < -0.3 is 5.32 Å². The molecule has 1 aromatic heterocycles. The van der Waals surface area contributed by atoms with E-state index in [0.717, 1.165) is 24.8 Å². The third kappa shape index (κ3) is 2.88. The highest BCUT2D eigenvalue weighted by atomic mass is 32.2. The number of nitrogens with one attached hydrogen (secondary N) is 1. The number of fused-ring (bicyclic) bond motifs is 4. The third-order valence-corrected chi connectivity index (χ3v) is 7.54. The lowest BCUT2D eigenvalue weighted by molar-refractivity contribution is 0.0926. The summed E-state index contributed by atoms with van der Waals surface area (Å²) in [7, 11) is -1.76. The van der Waals surface area contributed by atoms with Gasteiger partial charge in [-0.25, -0.2) is 8.42 Å². The van der Waals surface area contributed by atoms with E-state index in [1.165, 1.54) is 5.56 Å². The molecule has 1 aliphatic carbocycles. The molecule has 0 fully saturated rings. The molecule has 148 valence electrons. The van der Waals surface area contributed by atoms with Crippen LogP contribution in [0.15, 0.2) is 53.4 Å². The molecule has 0 bridgehead atoms. The van der Waals surface area contributed by atoms with Crippen LogP contribution in [0.3, 0.4) is 0 Å². The van der Waals surface area contributed by atoms with Crippen molar-refractivity contribution in [2.75, 3.05) is 0 Å². The molecule has 6 nitrogen and oxygen atoms in total. The van der Waals surface area contributed by atoms with E-state index in [1.54, 1.807) is 36.0 Å². The van der Waals surface area contributed by atoms with E-state index in [4.69, 9.17) is 0 Å². The van der Waals surface area contributed by atoms with Crippen LogP contribution in [0.1, 0.15) is 46.1 Å². The lowest BCUT2D eigenvalue weighted by atomic mass is 9.87. The standard InChI is InChI=1S/C22H21N3O3S/c1-25-21-16-10-4-5-12-19(16)29(27,28)13-17(21)20(24-25)22(26)23-18-11-6-8-14-7-2-3-9-15(14)18/h2-5,7,9-10,12,18H,6,8,11,13H2,1H3,(H,23,26). The fraction of sp³-hybridized carbons (Fsp3) is 0.273. The number of benzene rings is 2. The molecule has 2 aromatic carbocycles. The van der Waals surface area contributed by atoms with Gasteiger partial charge in [-0.3, -0.25) is 9.48 Å². The van der Waals surface area contributed by atoms with E-state index in [9.17, 15) is 13.2 Å². The van der Waals surface area contributed by atoms with Crippen LogP contribution in [0, 0.1) is 0 Å². The SMILES string of the molecule is Cn1nc(C(=O)NC2CCCc3ccccc32)c2c1-c1ccccc1S(=O)(=O)C2. The Bertz CT molecular complexity index is 1240. The van der Waals surface area contributed by atoms with Gasteiger partial charge in [0.2, 0.25) is 0 Å². The van der Waals surface area contributed by atoms with E-state index in [0.29, 0.717) is 21.7 Å². The van der Waals surface area contributed by atoms with Crippen molar-refractivity contribution >= 4 is 15.7 Å². The molecule has 0 radical (unpaired) electrons. The molecule has 5 rings (SSSR count). The Kier molecular flexibility index (Phi) is 4.10. The predicted molar refractivity (Wildman–Crippen MR) is 109 cm³/mol. The zero-order valence-corrected chi connectivity index (χ0v) is 16.9. The highest BCUT2D eigenvalue weighted by Gasteiger charge is 2.35. The number of amides is 1. The summed E-state index contributed by atoms with van der Waals surface area (Å²) in [4.78, 5) is 13.4. The first-order chi connectivity index (χ1) is 14.0. The maximum absolute atomic E-state index is 13.1. The average Bonchev–Trinajstić information content (AvgIpc) is 3.04. The maximum atomic E-state index is 13.1. The van der Waals surface area contributed by atoms with Crippen molar-refractivity contribution < 1.29 is 13.2 Å². The molecular formula is C22H21N3O3S. The van der Waals surface area contributed by atoms with E-state index < -0.39 is 9.84 Å². The molecule has 1 amide bonds. The molecular weight excluding hydrogens is 386 g/mol. The Labute approximate surface area is 169 Å². The molecule has 2 aliphatic rings. The van der Waals surface area contributed by atoms with E-state index in [2.05, 4.69) is 16.5 Å². The molecule has 7 heteroatoms. The van der Waals surface area contributed by atoms with Crippen molar-refractivity contribution in [3.63, 3.8) is 0 Å².